The van der Waals surface area contributed by atoms with E-state index in [9.17, 15) is 35.1 Å². The maximum atomic E-state index is 12.2. The fraction of sp³-hybridized carbons (Fsp3) is 0.889. The Hall–Kier alpha value is -0.880. The van der Waals surface area contributed by atoms with Crippen molar-refractivity contribution in [1.29, 1.82) is 0 Å². The molecule has 3 fully saturated rings. The van der Waals surface area contributed by atoms with E-state index in [2.05, 4.69) is 4.40 Å². The normalized spacial score (nSPS) is 41.7. The van der Waals surface area contributed by atoms with Gasteiger partial charge in [0.1, 0.15) is 0 Å². The van der Waals surface area contributed by atoms with E-state index in [1.54, 1.807) is 0 Å². The van der Waals surface area contributed by atoms with Crippen LogP contribution in [0.5, 0.6) is 0 Å². The summed E-state index contributed by atoms with van der Waals surface area (Å²) in [5, 5.41) is 10.5. The van der Waals surface area contributed by atoms with Crippen molar-refractivity contribution in [3.63, 3.8) is 0 Å². The molecule has 1 heterocycles. The number of halogens is 3. The lowest BCUT2D eigenvalue weighted by Gasteiger charge is -2.29. The van der Waals surface area contributed by atoms with Gasteiger partial charge in [0.25, 0.3) is 10.1 Å². The van der Waals surface area contributed by atoms with Gasteiger partial charge in [-0.25, -0.2) is 0 Å². The van der Waals surface area contributed by atoms with Crippen LogP contribution in [0.15, 0.2) is 4.40 Å². The highest BCUT2D eigenvalue weighted by Crippen LogP contribution is 2.57. The van der Waals surface area contributed by atoms with Crippen molar-refractivity contribution in [1.82, 2.24) is 0 Å². The first kappa shape index (κ1) is 15.0. The highest BCUT2D eigenvalue weighted by molar-refractivity contribution is 7.91. The summed E-state index contributed by atoms with van der Waals surface area (Å²) in [6.45, 7) is 0. The SMILES string of the molecule is O=S1(=O)OC2CC3CC2C1C3/C([O-])=N/S(=O)(=O)C(F)(F)F. The third kappa shape index (κ3) is 2.06. The quantitative estimate of drug-likeness (QED) is 0.372. The number of fused-ring (bicyclic) bond motifs is 1. The van der Waals surface area contributed by atoms with Crippen LogP contribution in [-0.2, 0) is 24.3 Å². The van der Waals surface area contributed by atoms with Crippen LogP contribution in [0.1, 0.15) is 12.8 Å². The van der Waals surface area contributed by atoms with Crippen LogP contribution < -0.4 is 5.11 Å². The van der Waals surface area contributed by atoms with Crippen LogP contribution in [0, 0.1) is 17.8 Å². The van der Waals surface area contributed by atoms with Gasteiger partial charge in [0.2, 0.25) is 0 Å². The van der Waals surface area contributed by atoms with Gasteiger partial charge in [-0.05, 0) is 24.7 Å². The van der Waals surface area contributed by atoms with Crippen molar-refractivity contribution < 1.29 is 39.3 Å². The first-order chi connectivity index (χ1) is 9.44. The van der Waals surface area contributed by atoms with Crippen LogP contribution in [0.25, 0.3) is 0 Å². The molecule has 3 rings (SSSR count). The topological polar surface area (TPSA) is 113 Å². The molecule has 120 valence electrons. The van der Waals surface area contributed by atoms with Crippen LogP contribution in [0.4, 0.5) is 13.2 Å². The lowest BCUT2D eigenvalue weighted by Crippen LogP contribution is -2.43. The fourth-order valence-electron chi connectivity index (χ4n) is 3.56. The van der Waals surface area contributed by atoms with Gasteiger partial charge in [-0.15, -0.1) is 0 Å². The Labute approximate surface area is 118 Å². The molecule has 1 aliphatic heterocycles. The minimum absolute atomic E-state index is 0.207. The molecule has 12 heteroatoms. The van der Waals surface area contributed by atoms with Crippen LogP contribution in [-0.4, -0.2) is 39.6 Å². The molecule has 7 nitrogen and oxygen atoms in total. The monoisotopic (exact) mass is 348 g/mol. The van der Waals surface area contributed by atoms with Gasteiger partial charge in [-0.2, -0.15) is 34.4 Å². The van der Waals surface area contributed by atoms with Gasteiger partial charge in [0, 0.05) is 11.8 Å². The second kappa shape index (κ2) is 4.10. The number of hydrogen-bond donors (Lipinski definition) is 0. The molecule has 5 atom stereocenters. The van der Waals surface area contributed by atoms with Crippen molar-refractivity contribution in [3.05, 3.63) is 0 Å². The molecule has 0 aromatic rings. The van der Waals surface area contributed by atoms with E-state index < -0.39 is 60.7 Å². The van der Waals surface area contributed by atoms with E-state index in [0.717, 1.165) is 0 Å². The van der Waals surface area contributed by atoms with Crippen LogP contribution in [0.3, 0.4) is 0 Å². The number of rotatable bonds is 2. The van der Waals surface area contributed by atoms with E-state index in [1.807, 2.05) is 0 Å². The maximum absolute atomic E-state index is 12.2. The molecule has 2 aliphatic carbocycles. The molecule has 3 aliphatic rings. The second-order valence-corrected chi connectivity index (χ2v) is 8.68. The highest BCUT2D eigenvalue weighted by Gasteiger charge is 2.64. The summed E-state index contributed by atoms with van der Waals surface area (Å²) >= 11 is 0. The predicted octanol–water partition coefficient (Wildman–Crippen LogP) is -0.652. The third-order valence-electron chi connectivity index (χ3n) is 4.25. The molecule has 2 bridgehead atoms. The van der Waals surface area contributed by atoms with E-state index in [1.165, 1.54) is 0 Å². The van der Waals surface area contributed by atoms with Crippen LogP contribution in [0.2, 0.25) is 0 Å². The average Bonchev–Trinajstić information content (AvgIpc) is 2.85. The first-order valence-electron chi connectivity index (χ1n) is 5.94. The highest BCUT2D eigenvalue weighted by atomic mass is 32.2. The van der Waals surface area contributed by atoms with Gasteiger partial charge in [-0.1, -0.05) is 0 Å². The van der Waals surface area contributed by atoms with Gasteiger partial charge in [0.15, 0.2) is 0 Å². The van der Waals surface area contributed by atoms with Crippen molar-refractivity contribution in [2.75, 3.05) is 0 Å². The smallest absolute Gasteiger partial charge is 0.518 e. The Bertz CT molecular complexity index is 710. The van der Waals surface area contributed by atoms with E-state index in [0.29, 0.717) is 6.42 Å². The number of nitrogens with zero attached hydrogens (tertiary/aromatic N) is 1. The Morgan fingerprint density at radius 2 is 1.90 bits per heavy atom. The average molecular weight is 348 g/mol. The number of hydrogen-bond acceptors (Lipinski definition) is 6. The molecule has 0 aromatic heterocycles. The summed E-state index contributed by atoms with van der Waals surface area (Å²) in [7, 11) is -10.0. The fourth-order valence-corrected chi connectivity index (χ4v) is 6.13. The summed E-state index contributed by atoms with van der Waals surface area (Å²) < 4.78 is 89.1. The van der Waals surface area contributed by atoms with Crippen molar-refractivity contribution in [2.45, 2.75) is 29.7 Å². The molecule has 0 spiro atoms. The minimum Gasteiger partial charge on any atom is -0.861 e. The van der Waals surface area contributed by atoms with Crippen molar-refractivity contribution in [3.8, 4) is 0 Å². The second-order valence-electron chi connectivity index (χ2n) is 5.36. The molecule has 2 saturated carbocycles. The first-order valence-corrected chi connectivity index (χ1v) is 8.85. The largest absolute Gasteiger partial charge is 0.861 e. The summed E-state index contributed by atoms with van der Waals surface area (Å²) in [6, 6.07) is 0. The van der Waals surface area contributed by atoms with E-state index >= 15 is 0 Å². The number of alkyl halides is 3. The molecular weight excluding hydrogens is 339 g/mol. The maximum Gasteiger partial charge on any atom is 0.518 e. The lowest BCUT2D eigenvalue weighted by molar-refractivity contribution is -0.225. The Kier molecular flexibility index (Phi) is 2.94. The van der Waals surface area contributed by atoms with E-state index in [-0.39, 0.29) is 6.42 Å². The van der Waals surface area contributed by atoms with E-state index in [4.69, 9.17) is 4.18 Å². The van der Waals surface area contributed by atoms with Gasteiger partial charge < -0.3 is 5.11 Å². The predicted molar refractivity (Wildman–Crippen MR) is 59.7 cm³/mol. The summed E-state index contributed by atoms with van der Waals surface area (Å²) in [4.78, 5) is 0. The van der Waals surface area contributed by atoms with Crippen LogP contribution >= 0.6 is 0 Å². The zero-order valence-corrected chi connectivity index (χ0v) is 11.8. The van der Waals surface area contributed by atoms with Gasteiger partial charge >= 0.3 is 15.5 Å². The molecular formula is C9H9F3NO6S2-. The Balaban J connectivity index is 1.99. The zero-order valence-electron chi connectivity index (χ0n) is 10.1. The summed E-state index contributed by atoms with van der Waals surface area (Å²) in [5.74, 6) is -3.92. The molecule has 5 unspecified atom stereocenters. The minimum atomic E-state index is -5.97. The molecule has 0 amide bonds. The summed E-state index contributed by atoms with van der Waals surface area (Å²) in [5.41, 5.74) is -5.69. The molecule has 0 N–H and O–H groups in total. The summed E-state index contributed by atoms with van der Waals surface area (Å²) in [6.07, 6.45) is -0.0430. The Morgan fingerprint density at radius 1 is 1.29 bits per heavy atom. The zero-order chi connectivity index (χ0) is 15.8. The molecule has 1 saturated heterocycles. The van der Waals surface area contributed by atoms with Gasteiger partial charge in [0.05, 0.1) is 11.4 Å². The van der Waals surface area contributed by atoms with Crippen molar-refractivity contribution in [2.24, 2.45) is 22.2 Å². The molecule has 0 radical (unpaired) electrons. The Morgan fingerprint density at radius 3 is 2.48 bits per heavy atom. The number of sulfonamides is 1. The van der Waals surface area contributed by atoms with Gasteiger partial charge in [-0.3, -0.25) is 4.18 Å². The van der Waals surface area contributed by atoms with Crippen molar-refractivity contribution >= 4 is 26.0 Å². The lowest BCUT2D eigenvalue weighted by atomic mass is 9.87. The molecule has 0 aromatic carbocycles. The third-order valence-corrected chi connectivity index (χ3v) is 7.08. The molecule has 21 heavy (non-hydrogen) atoms. The standard InChI is InChI=1S/C9H10F3NO6S2/c10-9(11,12)21(17,18)13-8(14)6-3-1-4-5(2-3)19-20(15,16)7(4)6/h3-7H,1-2H2,(H,13,14)/p-1.